The van der Waals surface area contributed by atoms with Crippen LogP contribution in [0.25, 0.3) is 0 Å². The Kier molecular flexibility index (Phi) is 3.91. The highest BCUT2D eigenvalue weighted by Gasteiger charge is 2.09. The number of hydrogen-bond donors (Lipinski definition) is 0. The van der Waals surface area contributed by atoms with Gasteiger partial charge in [0.1, 0.15) is 11.6 Å². The van der Waals surface area contributed by atoms with Crippen molar-refractivity contribution in [2.75, 3.05) is 0 Å². The second-order valence-corrected chi connectivity index (χ2v) is 4.27. The predicted molar refractivity (Wildman–Crippen MR) is 69.0 cm³/mol. The van der Waals surface area contributed by atoms with Gasteiger partial charge in [-0.1, -0.05) is 13.8 Å². The first kappa shape index (κ1) is 13.2. The van der Waals surface area contributed by atoms with Gasteiger partial charge in [0.15, 0.2) is 5.82 Å². The Morgan fingerprint density at radius 1 is 1.26 bits per heavy atom. The van der Waals surface area contributed by atoms with E-state index >= 15 is 0 Å². The first-order valence-corrected chi connectivity index (χ1v) is 6.28. The van der Waals surface area contributed by atoms with Crippen LogP contribution in [0.1, 0.15) is 36.6 Å². The van der Waals surface area contributed by atoms with E-state index in [9.17, 15) is 4.39 Å². The third-order valence-corrected chi connectivity index (χ3v) is 2.84. The van der Waals surface area contributed by atoms with Gasteiger partial charge in [0.25, 0.3) is 0 Å². The van der Waals surface area contributed by atoms with Crippen molar-refractivity contribution in [3.8, 4) is 6.07 Å². The molecule has 0 spiro atoms. The van der Waals surface area contributed by atoms with E-state index in [4.69, 9.17) is 5.26 Å². The highest BCUT2D eigenvalue weighted by Crippen LogP contribution is 2.11. The zero-order valence-corrected chi connectivity index (χ0v) is 11.0. The molecule has 2 aromatic rings. The third-order valence-electron chi connectivity index (χ3n) is 2.84. The lowest BCUT2D eigenvalue weighted by molar-refractivity contribution is 0.610. The molecule has 4 nitrogen and oxygen atoms in total. The van der Waals surface area contributed by atoms with E-state index in [1.807, 2.05) is 19.9 Å². The number of hydrogen-bond acceptors (Lipinski definition) is 3. The van der Waals surface area contributed by atoms with Gasteiger partial charge in [-0.2, -0.15) is 10.4 Å². The van der Waals surface area contributed by atoms with Crippen molar-refractivity contribution >= 4 is 0 Å². The topological polar surface area (TPSA) is 54.5 Å². The van der Waals surface area contributed by atoms with Crippen LogP contribution in [-0.4, -0.2) is 14.8 Å². The highest BCUT2D eigenvalue weighted by atomic mass is 19.1. The summed E-state index contributed by atoms with van der Waals surface area (Å²) in [5.74, 6) is 1.26. The van der Waals surface area contributed by atoms with Crippen molar-refractivity contribution in [3.63, 3.8) is 0 Å². The van der Waals surface area contributed by atoms with Crippen LogP contribution >= 0.6 is 0 Å². The molecule has 0 atom stereocenters. The maximum Gasteiger partial charge on any atom is 0.150 e. The lowest BCUT2D eigenvalue weighted by Crippen LogP contribution is -2.07. The van der Waals surface area contributed by atoms with Crippen molar-refractivity contribution in [1.82, 2.24) is 14.8 Å². The van der Waals surface area contributed by atoms with Crippen LogP contribution in [-0.2, 0) is 19.4 Å². The highest BCUT2D eigenvalue weighted by molar-refractivity contribution is 5.33. The fourth-order valence-electron chi connectivity index (χ4n) is 1.94. The normalized spacial score (nSPS) is 10.4. The Morgan fingerprint density at radius 3 is 2.68 bits per heavy atom. The van der Waals surface area contributed by atoms with Gasteiger partial charge in [-0.15, -0.1) is 0 Å². The van der Waals surface area contributed by atoms with Gasteiger partial charge in [0, 0.05) is 12.8 Å². The summed E-state index contributed by atoms with van der Waals surface area (Å²) in [6.07, 6.45) is 1.54. The molecule has 0 aliphatic heterocycles. The molecular weight excluding hydrogens is 243 g/mol. The quantitative estimate of drug-likeness (QED) is 0.846. The molecule has 98 valence electrons. The largest absolute Gasteiger partial charge is 0.245 e. The molecule has 0 N–H and O–H groups in total. The number of rotatable bonds is 4. The van der Waals surface area contributed by atoms with Gasteiger partial charge in [0.05, 0.1) is 18.2 Å². The second-order valence-electron chi connectivity index (χ2n) is 4.27. The molecule has 5 heteroatoms. The molecule has 0 unspecified atom stereocenters. The summed E-state index contributed by atoms with van der Waals surface area (Å²) in [5, 5.41) is 13.2. The lowest BCUT2D eigenvalue weighted by atomic mass is 10.1. The Morgan fingerprint density at radius 2 is 2.05 bits per heavy atom. The van der Waals surface area contributed by atoms with Gasteiger partial charge < -0.3 is 0 Å². The van der Waals surface area contributed by atoms with E-state index in [1.165, 1.54) is 12.1 Å². The molecule has 0 saturated carbocycles. The van der Waals surface area contributed by atoms with Crippen molar-refractivity contribution in [1.29, 1.82) is 5.26 Å². The molecule has 19 heavy (non-hydrogen) atoms. The Bertz CT molecular complexity index is 625. The zero-order chi connectivity index (χ0) is 13.8. The molecule has 1 aromatic carbocycles. The third kappa shape index (κ3) is 2.97. The van der Waals surface area contributed by atoms with Gasteiger partial charge >= 0.3 is 0 Å². The lowest BCUT2D eigenvalue weighted by Gasteiger charge is -2.05. The van der Waals surface area contributed by atoms with Gasteiger partial charge in [-0.25, -0.2) is 14.1 Å². The average Bonchev–Trinajstić information content (AvgIpc) is 2.80. The fourth-order valence-corrected chi connectivity index (χ4v) is 1.94. The molecule has 2 rings (SSSR count). The number of aryl methyl sites for hydroxylation is 2. The molecule has 1 aromatic heterocycles. The van der Waals surface area contributed by atoms with Crippen molar-refractivity contribution in [2.24, 2.45) is 0 Å². The predicted octanol–water partition coefficient (Wildman–Crippen LogP) is 2.46. The van der Waals surface area contributed by atoms with E-state index < -0.39 is 5.82 Å². The van der Waals surface area contributed by atoms with Crippen LogP contribution in [0, 0.1) is 17.1 Å². The maximum atomic E-state index is 13.4. The van der Waals surface area contributed by atoms with E-state index in [2.05, 4.69) is 10.1 Å². The summed E-state index contributed by atoms with van der Waals surface area (Å²) in [7, 11) is 0. The van der Waals surface area contributed by atoms with E-state index in [-0.39, 0.29) is 0 Å². The minimum Gasteiger partial charge on any atom is -0.245 e. The Balaban J connectivity index is 2.33. The number of halogens is 1. The molecule has 0 fully saturated rings. The van der Waals surface area contributed by atoms with Gasteiger partial charge in [0.2, 0.25) is 0 Å². The number of aromatic nitrogens is 3. The molecular formula is C14H15FN4. The van der Waals surface area contributed by atoms with E-state index in [0.717, 1.165) is 30.1 Å². The minimum absolute atomic E-state index is 0.323. The van der Waals surface area contributed by atoms with Crippen LogP contribution in [0.2, 0.25) is 0 Å². The fraction of sp³-hybridized carbons (Fsp3) is 0.357. The Labute approximate surface area is 111 Å². The number of nitriles is 1. The summed E-state index contributed by atoms with van der Waals surface area (Å²) in [6, 6.07) is 6.28. The number of benzene rings is 1. The van der Waals surface area contributed by atoms with Crippen LogP contribution in [0.4, 0.5) is 4.39 Å². The van der Waals surface area contributed by atoms with Crippen LogP contribution in [0.15, 0.2) is 18.2 Å². The molecule has 0 bridgehead atoms. The zero-order valence-electron chi connectivity index (χ0n) is 11.0. The van der Waals surface area contributed by atoms with E-state index in [0.29, 0.717) is 12.1 Å². The summed E-state index contributed by atoms with van der Waals surface area (Å²) >= 11 is 0. The van der Waals surface area contributed by atoms with Gasteiger partial charge in [-0.05, 0) is 23.8 Å². The molecule has 1 heterocycles. The summed E-state index contributed by atoms with van der Waals surface area (Å²) < 4.78 is 15.1. The van der Waals surface area contributed by atoms with E-state index in [1.54, 1.807) is 10.7 Å². The van der Waals surface area contributed by atoms with Crippen molar-refractivity contribution < 1.29 is 4.39 Å². The van der Waals surface area contributed by atoms with Gasteiger partial charge in [-0.3, -0.25) is 0 Å². The molecule has 0 saturated heterocycles. The summed E-state index contributed by atoms with van der Waals surface area (Å²) in [5.41, 5.74) is 1.04. The molecule has 0 radical (unpaired) electrons. The van der Waals surface area contributed by atoms with Crippen LogP contribution in [0.5, 0.6) is 0 Å². The molecule has 0 amide bonds. The molecule has 0 aliphatic carbocycles. The standard InChI is InChI=1S/C14H15FN4/c1-3-13-17-14(4-2)19(18-13)9-11-5-10(8-16)6-12(15)7-11/h5-7H,3-4,9H2,1-2H3. The second kappa shape index (κ2) is 5.61. The molecule has 0 aliphatic rings. The monoisotopic (exact) mass is 258 g/mol. The first-order valence-electron chi connectivity index (χ1n) is 6.28. The average molecular weight is 258 g/mol. The van der Waals surface area contributed by atoms with Crippen LogP contribution < -0.4 is 0 Å². The maximum absolute atomic E-state index is 13.4. The van der Waals surface area contributed by atoms with Crippen LogP contribution in [0.3, 0.4) is 0 Å². The summed E-state index contributed by atoms with van der Waals surface area (Å²) in [6.45, 7) is 4.43. The van der Waals surface area contributed by atoms with Crippen molar-refractivity contribution in [3.05, 3.63) is 46.8 Å². The Hall–Kier alpha value is -2.22. The smallest absolute Gasteiger partial charge is 0.150 e. The summed E-state index contributed by atoms with van der Waals surface area (Å²) in [4.78, 5) is 4.40. The van der Waals surface area contributed by atoms with Crippen molar-refractivity contribution in [2.45, 2.75) is 33.2 Å². The number of nitrogens with zero attached hydrogens (tertiary/aromatic N) is 4. The first-order chi connectivity index (χ1) is 9.16. The minimum atomic E-state index is -0.400. The SMILES string of the molecule is CCc1nc(CC)n(Cc2cc(F)cc(C#N)c2)n1.